The molecule has 0 aliphatic rings. The summed E-state index contributed by atoms with van der Waals surface area (Å²) in [5.74, 6) is 0.0163. The fraction of sp³-hybridized carbons (Fsp3) is 0.500. The molecule has 1 heterocycles. The van der Waals surface area contributed by atoms with Crippen molar-refractivity contribution in [3.63, 3.8) is 0 Å². The summed E-state index contributed by atoms with van der Waals surface area (Å²) in [6.45, 7) is 2.18. The fourth-order valence-corrected chi connectivity index (χ4v) is 2.86. The molecule has 1 aromatic carbocycles. The van der Waals surface area contributed by atoms with Crippen molar-refractivity contribution in [3.05, 3.63) is 46.1 Å². The number of rotatable bonds is 7. The summed E-state index contributed by atoms with van der Waals surface area (Å²) < 4.78 is 2.07. The van der Waals surface area contributed by atoms with Crippen LogP contribution in [0.15, 0.2) is 30.5 Å². The number of aryl methyl sites for hydroxylation is 1. The molecule has 0 aliphatic carbocycles. The van der Waals surface area contributed by atoms with Gasteiger partial charge < -0.3 is 4.57 Å². The Bertz CT molecular complexity index is 589. The Morgan fingerprint density at radius 2 is 2.05 bits per heavy atom. The van der Waals surface area contributed by atoms with Crippen molar-refractivity contribution in [3.8, 4) is 0 Å². The van der Waals surface area contributed by atoms with Crippen molar-refractivity contribution in [1.29, 1.82) is 0 Å². The van der Waals surface area contributed by atoms with Gasteiger partial charge in [-0.2, -0.15) is 0 Å². The Morgan fingerprint density at radius 3 is 2.75 bits per heavy atom. The van der Waals surface area contributed by atoms with Crippen molar-refractivity contribution in [2.45, 2.75) is 38.5 Å². The second-order valence-corrected chi connectivity index (χ2v) is 5.42. The highest BCUT2D eigenvalue weighted by molar-refractivity contribution is 5.84. The van der Waals surface area contributed by atoms with Crippen LogP contribution in [0.3, 0.4) is 0 Å². The van der Waals surface area contributed by atoms with E-state index < -0.39 is 0 Å². The predicted octanol–water partition coefficient (Wildman–Crippen LogP) is 4.12. The first-order chi connectivity index (χ1) is 9.63. The minimum absolute atomic E-state index is 0.0163. The van der Waals surface area contributed by atoms with E-state index in [9.17, 15) is 10.1 Å². The van der Waals surface area contributed by atoms with Gasteiger partial charge in [-0.05, 0) is 18.1 Å². The van der Waals surface area contributed by atoms with Crippen LogP contribution in [0.4, 0.5) is 0 Å². The molecule has 108 valence electrons. The first-order valence-corrected chi connectivity index (χ1v) is 7.29. The molecule has 0 radical (unpaired) electrons. The molecule has 2 rings (SSSR count). The zero-order valence-electron chi connectivity index (χ0n) is 12.2. The van der Waals surface area contributed by atoms with Gasteiger partial charge in [0.15, 0.2) is 0 Å². The number of para-hydroxylation sites is 1. The van der Waals surface area contributed by atoms with Gasteiger partial charge in [0.05, 0.1) is 5.92 Å². The van der Waals surface area contributed by atoms with E-state index in [2.05, 4.69) is 29.8 Å². The molecule has 0 aliphatic heterocycles. The van der Waals surface area contributed by atoms with E-state index >= 15 is 0 Å². The largest absolute Gasteiger partial charge is 0.350 e. The zero-order chi connectivity index (χ0) is 14.5. The lowest BCUT2D eigenvalue weighted by atomic mass is 9.93. The second-order valence-electron chi connectivity index (χ2n) is 5.42. The Hall–Kier alpha value is -1.84. The second kappa shape index (κ2) is 6.55. The third kappa shape index (κ3) is 3.18. The Kier molecular flexibility index (Phi) is 4.77. The molecule has 1 unspecified atom stereocenters. The van der Waals surface area contributed by atoms with E-state index in [1.165, 1.54) is 0 Å². The van der Waals surface area contributed by atoms with Gasteiger partial charge in [0.25, 0.3) is 0 Å². The number of fused-ring (bicyclic) bond motifs is 1. The number of hydrogen-bond acceptors (Lipinski definition) is 2. The molecule has 0 saturated heterocycles. The van der Waals surface area contributed by atoms with Gasteiger partial charge in [0.1, 0.15) is 0 Å². The van der Waals surface area contributed by atoms with Gasteiger partial charge in [-0.1, -0.05) is 44.4 Å². The molecule has 0 amide bonds. The highest BCUT2D eigenvalue weighted by Crippen LogP contribution is 2.30. The maximum absolute atomic E-state index is 11.0. The molecule has 0 saturated carbocycles. The van der Waals surface area contributed by atoms with E-state index in [4.69, 9.17) is 0 Å². The van der Waals surface area contributed by atoms with Gasteiger partial charge in [0.2, 0.25) is 6.54 Å². The Balaban J connectivity index is 2.32. The first kappa shape index (κ1) is 14.6. The number of aromatic nitrogens is 1. The minimum Gasteiger partial charge on any atom is -0.350 e. The minimum atomic E-state index is -0.182. The molecule has 0 fully saturated rings. The van der Waals surface area contributed by atoms with E-state index in [1.807, 2.05) is 19.2 Å². The lowest BCUT2D eigenvalue weighted by Crippen LogP contribution is -2.12. The number of nitro groups is 1. The zero-order valence-corrected chi connectivity index (χ0v) is 12.2. The monoisotopic (exact) mass is 274 g/mol. The summed E-state index contributed by atoms with van der Waals surface area (Å²) >= 11 is 0. The van der Waals surface area contributed by atoms with Crippen molar-refractivity contribution in [2.75, 3.05) is 6.54 Å². The third-order valence-electron chi connectivity index (χ3n) is 3.89. The van der Waals surface area contributed by atoms with Gasteiger partial charge in [-0.3, -0.25) is 10.1 Å². The molecule has 20 heavy (non-hydrogen) atoms. The van der Waals surface area contributed by atoms with Gasteiger partial charge >= 0.3 is 0 Å². The van der Waals surface area contributed by atoms with Crippen LogP contribution < -0.4 is 0 Å². The summed E-state index contributed by atoms with van der Waals surface area (Å²) in [5.41, 5.74) is 2.27. The summed E-state index contributed by atoms with van der Waals surface area (Å²) in [6, 6.07) is 8.14. The smallest absolute Gasteiger partial charge is 0.210 e. The molecule has 0 N–H and O–H groups in total. The summed E-state index contributed by atoms with van der Waals surface area (Å²) in [7, 11) is 2.00. The molecular formula is C16H22N2O2. The Morgan fingerprint density at radius 1 is 1.30 bits per heavy atom. The average Bonchev–Trinajstić information content (AvgIpc) is 2.76. The summed E-state index contributed by atoms with van der Waals surface area (Å²) in [4.78, 5) is 10.8. The number of hydrogen-bond donors (Lipinski definition) is 0. The fourth-order valence-electron chi connectivity index (χ4n) is 2.86. The summed E-state index contributed by atoms with van der Waals surface area (Å²) in [6.07, 6.45) is 6.28. The highest BCUT2D eigenvalue weighted by Gasteiger charge is 2.21. The maximum Gasteiger partial charge on any atom is 0.210 e. The molecule has 1 atom stereocenters. The topological polar surface area (TPSA) is 48.1 Å². The molecule has 4 nitrogen and oxygen atoms in total. The maximum atomic E-state index is 11.0. The van der Waals surface area contributed by atoms with Crippen LogP contribution in [0.1, 0.15) is 44.1 Å². The standard InChI is InChI=1S/C16H22N2O2/c1-3-4-5-8-13(11-18(19)20)15-12-17(2)16-10-7-6-9-14(15)16/h6-7,9-10,12-13H,3-5,8,11H2,1-2H3. The molecule has 4 heteroatoms. The van der Waals surface area contributed by atoms with E-state index in [-0.39, 0.29) is 17.4 Å². The van der Waals surface area contributed by atoms with Crippen molar-refractivity contribution >= 4 is 10.9 Å². The molecule has 0 spiro atoms. The lowest BCUT2D eigenvalue weighted by Gasteiger charge is -2.12. The number of benzene rings is 1. The van der Waals surface area contributed by atoms with E-state index in [1.54, 1.807) is 0 Å². The SMILES string of the molecule is CCCCCC(C[N+](=O)[O-])c1cn(C)c2ccccc12. The molecular weight excluding hydrogens is 252 g/mol. The van der Waals surface area contributed by atoms with E-state index in [0.29, 0.717) is 0 Å². The van der Waals surface area contributed by atoms with Crippen LogP contribution in [-0.4, -0.2) is 16.0 Å². The average molecular weight is 274 g/mol. The van der Waals surface area contributed by atoms with Crippen LogP contribution in [0, 0.1) is 10.1 Å². The lowest BCUT2D eigenvalue weighted by molar-refractivity contribution is -0.483. The normalized spacial score (nSPS) is 12.7. The van der Waals surface area contributed by atoms with Crippen molar-refractivity contribution < 1.29 is 4.92 Å². The predicted molar refractivity (Wildman–Crippen MR) is 81.7 cm³/mol. The van der Waals surface area contributed by atoms with Crippen LogP contribution in [0.25, 0.3) is 10.9 Å². The van der Waals surface area contributed by atoms with Crippen LogP contribution in [0.2, 0.25) is 0 Å². The number of unbranched alkanes of at least 4 members (excludes halogenated alkanes) is 2. The van der Waals surface area contributed by atoms with Crippen molar-refractivity contribution in [1.82, 2.24) is 4.57 Å². The summed E-state index contributed by atoms with van der Waals surface area (Å²) in [5, 5.41) is 12.1. The quantitative estimate of drug-likeness (QED) is 0.433. The van der Waals surface area contributed by atoms with Crippen LogP contribution >= 0.6 is 0 Å². The van der Waals surface area contributed by atoms with Gasteiger partial charge in [0, 0.05) is 29.1 Å². The molecule has 0 bridgehead atoms. The Labute approximate surface area is 119 Å². The highest BCUT2D eigenvalue weighted by atomic mass is 16.6. The van der Waals surface area contributed by atoms with Crippen LogP contribution in [-0.2, 0) is 7.05 Å². The molecule has 1 aromatic heterocycles. The van der Waals surface area contributed by atoms with Gasteiger partial charge in [-0.25, -0.2) is 0 Å². The molecule has 2 aromatic rings. The first-order valence-electron chi connectivity index (χ1n) is 7.29. The van der Waals surface area contributed by atoms with Crippen LogP contribution in [0.5, 0.6) is 0 Å². The number of nitrogens with zero attached hydrogens (tertiary/aromatic N) is 2. The van der Waals surface area contributed by atoms with Crippen molar-refractivity contribution in [2.24, 2.45) is 7.05 Å². The van der Waals surface area contributed by atoms with Gasteiger partial charge in [-0.15, -0.1) is 0 Å². The van der Waals surface area contributed by atoms with E-state index in [0.717, 1.165) is 42.1 Å². The third-order valence-corrected chi connectivity index (χ3v) is 3.89.